The first-order chi connectivity index (χ1) is 16.1. The molecular weight excluding hydrogens is 432 g/mol. The van der Waals surface area contributed by atoms with Crippen LogP contribution in [0.1, 0.15) is 54.2 Å². The van der Waals surface area contributed by atoms with E-state index in [4.69, 9.17) is 15.3 Å². The third kappa shape index (κ3) is 7.09. The second-order valence-electron chi connectivity index (χ2n) is 8.83. The number of carbonyl (C=O) groups is 2. The average molecular weight is 463 g/mol. The first kappa shape index (κ1) is 24.8. The Morgan fingerprint density at radius 1 is 1.21 bits per heavy atom. The molecule has 0 saturated carbocycles. The molecule has 1 fully saturated rings. The van der Waals surface area contributed by atoms with E-state index in [0.717, 1.165) is 23.2 Å². The van der Waals surface area contributed by atoms with Crippen molar-refractivity contribution < 1.29 is 19.2 Å². The minimum atomic E-state index is -0.723. The first-order valence-electron chi connectivity index (χ1n) is 11.1. The van der Waals surface area contributed by atoms with Crippen LogP contribution in [0.3, 0.4) is 0 Å². The molecule has 3 N–H and O–H groups in total. The molecule has 2 amide bonds. The Kier molecular flexibility index (Phi) is 7.92. The van der Waals surface area contributed by atoms with Crippen LogP contribution in [0.15, 0.2) is 47.5 Å². The van der Waals surface area contributed by atoms with Crippen molar-refractivity contribution in [2.45, 2.75) is 39.7 Å². The number of anilines is 1. The summed E-state index contributed by atoms with van der Waals surface area (Å²) in [6.45, 7) is 8.83. The number of nitrogens with two attached hydrogens (primary N) is 1. The van der Waals surface area contributed by atoms with Gasteiger partial charge in [0, 0.05) is 22.4 Å². The molecule has 1 saturated heterocycles. The summed E-state index contributed by atoms with van der Waals surface area (Å²) >= 11 is 0. The number of nitrogens with zero attached hydrogens (tertiary/aromatic N) is 2. The topological polar surface area (TPSA) is 106 Å². The third-order valence-corrected chi connectivity index (χ3v) is 4.84. The zero-order chi connectivity index (χ0) is 24.7. The molecule has 1 heterocycles. The number of hydrogen-bond acceptors (Lipinski definition) is 5. The molecule has 1 aliphatic heterocycles. The maximum atomic E-state index is 12.5. The molecule has 3 rings (SSSR count). The van der Waals surface area contributed by atoms with E-state index in [2.05, 4.69) is 22.2 Å². The molecule has 2 aromatic carbocycles. The number of carbonyl (C=O) groups excluding carboxylic acids is 2. The molecule has 0 atom stereocenters. The number of amides is 2. The highest BCUT2D eigenvalue weighted by Crippen LogP contribution is 2.16. The van der Waals surface area contributed by atoms with Gasteiger partial charge in [-0.25, -0.2) is 9.86 Å². The van der Waals surface area contributed by atoms with E-state index >= 15 is 0 Å². The van der Waals surface area contributed by atoms with Gasteiger partial charge in [-0.15, -0.1) is 0 Å². The summed E-state index contributed by atoms with van der Waals surface area (Å²) in [7, 11) is 0. The minimum absolute atomic E-state index is 0.0918. The highest BCUT2D eigenvalue weighted by atomic mass is 16.7. The number of nitrogens with one attached hydrogen (secondary N) is 1. The van der Waals surface area contributed by atoms with Crippen molar-refractivity contribution >= 4 is 23.5 Å². The number of amidine groups is 1. The van der Waals surface area contributed by atoms with E-state index in [0.29, 0.717) is 30.8 Å². The van der Waals surface area contributed by atoms with Gasteiger partial charge in [-0.05, 0) is 82.1 Å². The summed E-state index contributed by atoms with van der Waals surface area (Å²) in [5, 5.41) is 4.63. The summed E-state index contributed by atoms with van der Waals surface area (Å²) in [4.78, 5) is 33.4. The molecule has 0 bridgehead atoms. The lowest BCUT2D eigenvalue weighted by Gasteiger charge is -2.17. The van der Waals surface area contributed by atoms with Gasteiger partial charge in [0.05, 0.1) is 19.7 Å². The molecular formula is C26H30N4O4. The molecule has 0 unspecified atom stereocenters. The van der Waals surface area contributed by atoms with Crippen molar-refractivity contribution in [3.05, 3.63) is 64.7 Å². The van der Waals surface area contributed by atoms with Gasteiger partial charge in [-0.1, -0.05) is 11.8 Å². The van der Waals surface area contributed by atoms with Crippen LogP contribution < -0.4 is 11.1 Å². The Balaban J connectivity index is 1.54. The second-order valence-corrected chi connectivity index (χ2v) is 8.83. The van der Waals surface area contributed by atoms with Crippen LogP contribution in [-0.2, 0) is 9.57 Å². The van der Waals surface area contributed by atoms with Crippen molar-refractivity contribution in [1.29, 1.82) is 0 Å². The zero-order valence-corrected chi connectivity index (χ0v) is 20.0. The van der Waals surface area contributed by atoms with Crippen molar-refractivity contribution in [2.75, 3.05) is 25.0 Å². The molecule has 1 aliphatic rings. The van der Waals surface area contributed by atoms with Crippen LogP contribution >= 0.6 is 0 Å². The van der Waals surface area contributed by atoms with Crippen molar-refractivity contribution in [3.8, 4) is 11.8 Å². The number of aryl methyl sites for hydroxylation is 1. The van der Waals surface area contributed by atoms with Gasteiger partial charge in [0.1, 0.15) is 11.4 Å². The summed E-state index contributed by atoms with van der Waals surface area (Å²) in [5.41, 5.74) is 9.07. The minimum Gasteiger partial charge on any atom is -0.442 e. The average Bonchev–Trinajstić information content (AvgIpc) is 3.30. The fourth-order valence-electron chi connectivity index (χ4n) is 3.22. The molecule has 0 radical (unpaired) electrons. The number of ether oxygens (including phenoxy) is 1. The zero-order valence-electron chi connectivity index (χ0n) is 20.0. The molecule has 8 heteroatoms. The molecule has 0 aliphatic carbocycles. The van der Waals surface area contributed by atoms with E-state index in [1.54, 1.807) is 39.0 Å². The molecule has 0 aromatic heterocycles. The molecule has 34 heavy (non-hydrogen) atoms. The predicted molar refractivity (Wildman–Crippen MR) is 132 cm³/mol. The van der Waals surface area contributed by atoms with Crippen LogP contribution in [0.4, 0.5) is 10.5 Å². The maximum absolute atomic E-state index is 12.5. The second kappa shape index (κ2) is 10.9. The van der Waals surface area contributed by atoms with Gasteiger partial charge in [-0.3, -0.25) is 9.63 Å². The van der Waals surface area contributed by atoms with Crippen LogP contribution in [0.5, 0.6) is 0 Å². The SMILES string of the molecule is Cc1cc(C#CCNc2ccc(/C(N)=N\C(=O)OC(C)(C)C)cc2)ccc1C(=O)N1CCCO1. The van der Waals surface area contributed by atoms with E-state index in [9.17, 15) is 9.59 Å². The highest BCUT2D eigenvalue weighted by molar-refractivity contribution is 6.03. The van der Waals surface area contributed by atoms with E-state index in [1.165, 1.54) is 5.06 Å². The number of rotatable bonds is 4. The van der Waals surface area contributed by atoms with Gasteiger partial charge in [0.15, 0.2) is 0 Å². The Hall–Kier alpha value is -3.83. The lowest BCUT2D eigenvalue weighted by atomic mass is 10.0. The quantitative estimate of drug-likeness (QED) is 0.406. The number of aliphatic imine (C=N–C) groups is 1. The Bertz CT molecular complexity index is 1130. The lowest BCUT2D eigenvalue weighted by molar-refractivity contribution is -0.0768. The van der Waals surface area contributed by atoms with E-state index in [-0.39, 0.29) is 11.7 Å². The van der Waals surface area contributed by atoms with Crippen LogP contribution in [0.25, 0.3) is 0 Å². The molecule has 0 spiro atoms. The van der Waals surface area contributed by atoms with Gasteiger partial charge >= 0.3 is 6.09 Å². The van der Waals surface area contributed by atoms with Gasteiger partial charge in [-0.2, -0.15) is 4.99 Å². The molecule has 2 aromatic rings. The first-order valence-corrected chi connectivity index (χ1v) is 11.1. The monoisotopic (exact) mass is 462 g/mol. The summed E-state index contributed by atoms with van der Waals surface area (Å²) in [6.07, 6.45) is 0.136. The van der Waals surface area contributed by atoms with Crippen molar-refractivity contribution in [3.63, 3.8) is 0 Å². The number of hydroxylamine groups is 2. The maximum Gasteiger partial charge on any atom is 0.436 e. The van der Waals surface area contributed by atoms with E-state index in [1.807, 2.05) is 31.2 Å². The van der Waals surface area contributed by atoms with Crippen molar-refractivity contribution in [2.24, 2.45) is 10.7 Å². The lowest BCUT2D eigenvalue weighted by Crippen LogP contribution is -2.27. The summed E-state index contributed by atoms with van der Waals surface area (Å²) in [6, 6.07) is 12.7. The van der Waals surface area contributed by atoms with Gasteiger partial charge in [0.2, 0.25) is 0 Å². The van der Waals surface area contributed by atoms with E-state index < -0.39 is 11.7 Å². The van der Waals surface area contributed by atoms with Crippen LogP contribution in [-0.4, -0.2) is 48.2 Å². The number of hydrogen-bond donors (Lipinski definition) is 2. The number of benzene rings is 2. The van der Waals surface area contributed by atoms with Crippen molar-refractivity contribution in [1.82, 2.24) is 5.06 Å². The molecule has 178 valence electrons. The predicted octanol–water partition coefficient (Wildman–Crippen LogP) is 3.88. The Morgan fingerprint density at radius 3 is 2.56 bits per heavy atom. The van der Waals surface area contributed by atoms with Gasteiger partial charge in [0.25, 0.3) is 5.91 Å². The largest absolute Gasteiger partial charge is 0.442 e. The summed E-state index contributed by atoms with van der Waals surface area (Å²) < 4.78 is 5.15. The van der Waals surface area contributed by atoms with Gasteiger partial charge < -0.3 is 15.8 Å². The normalized spacial score (nSPS) is 13.8. The molecule has 8 nitrogen and oxygen atoms in total. The summed E-state index contributed by atoms with van der Waals surface area (Å²) in [5.74, 6) is 6.15. The highest BCUT2D eigenvalue weighted by Gasteiger charge is 2.22. The fraction of sp³-hybridized carbons (Fsp3) is 0.346. The third-order valence-electron chi connectivity index (χ3n) is 4.84. The Morgan fingerprint density at radius 2 is 1.94 bits per heavy atom. The Labute approximate surface area is 200 Å². The van der Waals surface area contributed by atoms with Crippen LogP contribution in [0, 0.1) is 18.8 Å². The fourth-order valence-corrected chi connectivity index (χ4v) is 3.22. The smallest absolute Gasteiger partial charge is 0.436 e. The standard InChI is InChI=1S/C26H30N4O4/c1-18-17-19(8-13-22(18)24(31)30-15-6-16-33-30)7-5-14-28-21-11-9-20(10-12-21)23(27)29-25(32)34-26(2,3)4/h8-13,17,28H,6,14-16H2,1-4H3,(H2,27,29,32). The van der Waals surface area contributed by atoms with Crippen LogP contribution in [0.2, 0.25) is 0 Å².